The Morgan fingerprint density at radius 1 is 1.22 bits per heavy atom. The smallest absolute Gasteiger partial charge is 0.264 e. The molecule has 0 bridgehead atoms. The van der Waals surface area contributed by atoms with Crippen molar-refractivity contribution >= 4 is 23.2 Å². The molecule has 6 heteroatoms. The number of hydrogen-bond donors (Lipinski definition) is 0. The average molecular weight is 336 g/mol. The summed E-state index contributed by atoms with van der Waals surface area (Å²) in [6, 6.07) is 3.41. The van der Waals surface area contributed by atoms with E-state index in [0.717, 1.165) is 43.5 Å². The average Bonchev–Trinajstić information content (AvgIpc) is 3.15. The number of amides is 2. The normalized spacial score (nSPS) is 25.4. The molecule has 1 aromatic heterocycles. The topological polar surface area (TPSA) is 49.9 Å². The van der Waals surface area contributed by atoms with Crippen LogP contribution in [0.5, 0.6) is 0 Å². The van der Waals surface area contributed by atoms with Gasteiger partial charge < -0.3 is 14.5 Å². The fourth-order valence-corrected chi connectivity index (χ4v) is 4.19. The second-order valence-electron chi connectivity index (χ2n) is 6.27. The molecule has 0 aromatic carbocycles. The van der Waals surface area contributed by atoms with E-state index in [1.807, 2.05) is 22.4 Å². The number of rotatable bonds is 3. The van der Waals surface area contributed by atoms with E-state index in [9.17, 15) is 9.59 Å². The number of likely N-dealkylation sites (tertiary alicyclic amines) is 2. The zero-order valence-electron chi connectivity index (χ0n) is 13.6. The maximum atomic E-state index is 13.0. The van der Waals surface area contributed by atoms with E-state index in [2.05, 4.69) is 0 Å². The summed E-state index contributed by atoms with van der Waals surface area (Å²) in [5, 5.41) is 1.90. The summed E-state index contributed by atoms with van der Waals surface area (Å²) in [6.45, 7) is 2.10. The lowest BCUT2D eigenvalue weighted by molar-refractivity contribution is -0.140. The Labute approximate surface area is 141 Å². The minimum absolute atomic E-state index is 0.00153. The largest absolute Gasteiger partial charge is 0.380 e. The lowest BCUT2D eigenvalue weighted by Gasteiger charge is -2.40. The van der Waals surface area contributed by atoms with Crippen molar-refractivity contribution in [3.8, 4) is 0 Å². The lowest BCUT2D eigenvalue weighted by atomic mass is 9.99. The number of piperidine rings is 2. The molecule has 3 rings (SSSR count). The number of ether oxygens (including phenoxy) is 1. The first kappa shape index (κ1) is 16.5. The van der Waals surface area contributed by atoms with Gasteiger partial charge in [0.05, 0.1) is 11.0 Å². The van der Waals surface area contributed by atoms with Crippen LogP contribution < -0.4 is 0 Å². The molecule has 0 aliphatic carbocycles. The number of methoxy groups -OCH3 is 1. The minimum Gasteiger partial charge on any atom is -0.380 e. The molecule has 0 N–H and O–H groups in total. The van der Waals surface area contributed by atoms with Crippen LogP contribution in [-0.4, -0.2) is 60.5 Å². The minimum atomic E-state index is -0.311. The Bertz CT molecular complexity index is 546. The molecule has 2 atom stereocenters. The molecule has 3 heterocycles. The van der Waals surface area contributed by atoms with Crippen molar-refractivity contribution in [3.05, 3.63) is 22.4 Å². The molecule has 0 spiro atoms. The van der Waals surface area contributed by atoms with Gasteiger partial charge in [-0.05, 0) is 43.6 Å². The lowest BCUT2D eigenvalue weighted by Crippen LogP contribution is -2.55. The second-order valence-corrected chi connectivity index (χ2v) is 7.22. The molecule has 0 saturated carbocycles. The van der Waals surface area contributed by atoms with Gasteiger partial charge in [0.15, 0.2) is 0 Å². The Kier molecular flexibility index (Phi) is 5.33. The summed E-state index contributed by atoms with van der Waals surface area (Å²) in [6.07, 6.45) is 4.84. The molecular weight excluding hydrogens is 312 g/mol. The molecule has 2 saturated heterocycles. The van der Waals surface area contributed by atoms with Gasteiger partial charge in [-0.2, -0.15) is 0 Å². The second kappa shape index (κ2) is 7.45. The van der Waals surface area contributed by atoms with Crippen LogP contribution in [0.3, 0.4) is 0 Å². The highest BCUT2D eigenvalue weighted by molar-refractivity contribution is 7.12. The first-order valence-corrected chi connectivity index (χ1v) is 9.24. The number of thiophene rings is 1. The van der Waals surface area contributed by atoms with E-state index in [-0.39, 0.29) is 24.0 Å². The van der Waals surface area contributed by atoms with Gasteiger partial charge in [-0.3, -0.25) is 9.59 Å². The SMILES string of the molecule is COC1CCCN(C(=O)C2CCCCN2C(=O)c2cccs2)C1. The molecule has 1 aromatic rings. The van der Waals surface area contributed by atoms with Gasteiger partial charge >= 0.3 is 0 Å². The van der Waals surface area contributed by atoms with E-state index >= 15 is 0 Å². The summed E-state index contributed by atoms with van der Waals surface area (Å²) in [5.41, 5.74) is 0. The molecule has 2 amide bonds. The molecule has 2 fully saturated rings. The Morgan fingerprint density at radius 2 is 2.09 bits per heavy atom. The third-order valence-electron chi connectivity index (χ3n) is 4.80. The molecule has 2 aliphatic rings. The van der Waals surface area contributed by atoms with Gasteiger partial charge in [0.1, 0.15) is 6.04 Å². The van der Waals surface area contributed by atoms with Gasteiger partial charge in [0.2, 0.25) is 5.91 Å². The summed E-state index contributed by atoms with van der Waals surface area (Å²) < 4.78 is 5.42. The molecule has 126 valence electrons. The highest BCUT2D eigenvalue weighted by Gasteiger charge is 2.36. The first-order chi connectivity index (χ1) is 11.2. The fraction of sp³-hybridized carbons (Fsp3) is 0.647. The van der Waals surface area contributed by atoms with Crippen molar-refractivity contribution in [3.63, 3.8) is 0 Å². The molecule has 0 radical (unpaired) electrons. The Morgan fingerprint density at radius 3 is 2.83 bits per heavy atom. The van der Waals surface area contributed by atoms with Crippen LogP contribution in [-0.2, 0) is 9.53 Å². The number of carbonyl (C=O) groups excluding carboxylic acids is 2. The highest BCUT2D eigenvalue weighted by Crippen LogP contribution is 2.24. The maximum absolute atomic E-state index is 13.0. The summed E-state index contributed by atoms with van der Waals surface area (Å²) in [4.78, 5) is 30.1. The van der Waals surface area contributed by atoms with E-state index in [1.54, 1.807) is 12.0 Å². The molecular formula is C17H24N2O3S. The number of hydrogen-bond acceptors (Lipinski definition) is 4. The third-order valence-corrected chi connectivity index (χ3v) is 5.66. The monoisotopic (exact) mass is 336 g/mol. The third kappa shape index (κ3) is 3.58. The van der Waals surface area contributed by atoms with E-state index in [1.165, 1.54) is 11.3 Å². The van der Waals surface area contributed by atoms with E-state index in [0.29, 0.717) is 13.1 Å². The van der Waals surface area contributed by atoms with Crippen LogP contribution in [0.15, 0.2) is 17.5 Å². The van der Waals surface area contributed by atoms with Crippen LogP contribution in [0.1, 0.15) is 41.8 Å². The summed E-state index contributed by atoms with van der Waals surface area (Å²) >= 11 is 1.44. The Hall–Kier alpha value is -1.40. The van der Waals surface area contributed by atoms with Gasteiger partial charge in [-0.15, -0.1) is 11.3 Å². The fourth-order valence-electron chi connectivity index (χ4n) is 3.51. The van der Waals surface area contributed by atoms with Crippen molar-refractivity contribution in [1.29, 1.82) is 0 Å². The van der Waals surface area contributed by atoms with Gasteiger partial charge in [-0.25, -0.2) is 0 Å². The number of nitrogens with zero attached hydrogens (tertiary/aromatic N) is 2. The van der Waals surface area contributed by atoms with Gasteiger partial charge in [0, 0.05) is 26.7 Å². The first-order valence-electron chi connectivity index (χ1n) is 8.36. The van der Waals surface area contributed by atoms with Crippen LogP contribution >= 0.6 is 11.3 Å². The number of carbonyl (C=O) groups is 2. The quantitative estimate of drug-likeness (QED) is 0.851. The Balaban J connectivity index is 1.73. The zero-order chi connectivity index (χ0) is 16.2. The van der Waals surface area contributed by atoms with Crippen LogP contribution in [0.25, 0.3) is 0 Å². The van der Waals surface area contributed by atoms with Gasteiger partial charge in [-0.1, -0.05) is 6.07 Å². The van der Waals surface area contributed by atoms with E-state index < -0.39 is 0 Å². The maximum Gasteiger partial charge on any atom is 0.264 e. The molecule has 2 aliphatic heterocycles. The van der Waals surface area contributed by atoms with Crippen molar-refractivity contribution in [2.45, 2.75) is 44.2 Å². The van der Waals surface area contributed by atoms with Crippen LogP contribution in [0.4, 0.5) is 0 Å². The highest BCUT2D eigenvalue weighted by atomic mass is 32.1. The summed E-state index contributed by atoms with van der Waals surface area (Å²) in [7, 11) is 1.70. The van der Waals surface area contributed by atoms with Crippen molar-refractivity contribution in [2.75, 3.05) is 26.7 Å². The molecule has 5 nitrogen and oxygen atoms in total. The van der Waals surface area contributed by atoms with Crippen LogP contribution in [0, 0.1) is 0 Å². The predicted octanol–water partition coefficient (Wildman–Crippen LogP) is 2.38. The van der Waals surface area contributed by atoms with Crippen LogP contribution in [0.2, 0.25) is 0 Å². The van der Waals surface area contributed by atoms with Crippen molar-refractivity contribution in [2.24, 2.45) is 0 Å². The van der Waals surface area contributed by atoms with E-state index in [4.69, 9.17) is 4.74 Å². The zero-order valence-corrected chi connectivity index (χ0v) is 14.4. The predicted molar refractivity (Wildman–Crippen MR) is 89.6 cm³/mol. The standard InChI is InChI=1S/C17H24N2O3S/c1-22-13-6-4-9-18(12-13)16(20)14-7-2-3-10-19(14)17(21)15-8-5-11-23-15/h5,8,11,13-14H,2-4,6-7,9-10,12H2,1H3. The molecule has 2 unspecified atom stereocenters. The summed E-state index contributed by atoms with van der Waals surface area (Å²) in [5.74, 6) is 0.0923. The van der Waals surface area contributed by atoms with Gasteiger partial charge in [0.25, 0.3) is 5.91 Å². The van der Waals surface area contributed by atoms with Crippen molar-refractivity contribution < 1.29 is 14.3 Å². The van der Waals surface area contributed by atoms with Crippen molar-refractivity contribution in [1.82, 2.24) is 9.80 Å². The molecule has 23 heavy (non-hydrogen) atoms.